The van der Waals surface area contributed by atoms with Crippen LogP contribution in [0.1, 0.15) is 36.5 Å². The van der Waals surface area contributed by atoms with Gasteiger partial charge in [0.2, 0.25) is 10.0 Å². The molecule has 1 rings (SSSR count). The minimum absolute atomic E-state index is 0.0802. The number of hydrogen-bond acceptors (Lipinski definition) is 4. The Morgan fingerprint density at radius 3 is 2.46 bits per heavy atom. The first-order valence-corrected chi connectivity index (χ1v) is 9.14. The van der Waals surface area contributed by atoms with Gasteiger partial charge in [-0.2, -0.15) is 17.9 Å². The van der Waals surface area contributed by atoms with Crippen molar-refractivity contribution in [1.29, 1.82) is 0 Å². The van der Waals surface area contributed by atoms with Crippen molar-refractivity contribution >= 4 is 21.9 Å². The lowest BCUT2D eigenvalue weighted by molar-refractivity contribution is -0.139. The van der Waals surface area contributed by atoms with E-state index in [1.165, 1.54) is 6.07 Å². The van der Waals surface area contributed by atoms with Crippen molar-refractivity contribution in [2.45, 2.75) is 43.3 Å². The Morgan fingerprint density at radius 2 is 1.92 bits per heavy atom. The van der Waals surface area contributed by atoms with Crippen LogP contribution < -0.4 is 10.0 Å². The monoisotopic (exact) mass is 396 g/mol. The predicted octanol–water partition coefficient (Wildman–Crippen LogP) is 1.90. The van der Waals surface area contributed by atoms with Gasteiger partial charge in [0.25, 0.3) is 5.91 Å². The Morgan fingerprint density at radius 1 is 1.27 bits per heavy atom. The van der Waals surface area contributed by atoms with E-state index in [9.17, 15) is 31.2 Å². The Kier molecular flexibility index (Phi) is 7.57. The number of rotatable bonds is 9. The van der Waals surface area contributed by atoms with Crippen LogP contribution in [0.2, 0.25) is 0 Å². The van der Waals surface area contributed by atoms with Crippen molar-refractivity contribution in [3.05, 3.63) is 29.8 Å². The minimum atomic E-state index is -4.60. The van der Waals surface area contributed by atoms with Gasteiger partial charge in [-0.3, -0.25) is 9.59 Å². The van der Waals surface area contributed by atoms with Crippen molar-refractivity contribution in [3.63, 3.8) is 0 Å². The summed E-state index contributed by atoms with van der Waals surface area (Å²) >= 11 is 0. The molecule has 11 heteroatoms. The number of amides is 1. The Labute approximate surface area is 148 Å². The van der Waals surface area contributed by atoms with Crippen LogP contribution in [0.25, 0.3) is 0 Å². The molecule has 146 valence electrons. The van der Waals surface area contributed by atoms with Gasteiger partial charge in [0.15, 0.2) is 0 Å². The fourth-order valence-corrected chi connectivity index (χ4v) is 3.25. The van der Waals surface area contributed by atoms with E-state index < -0.39 is 45.6 Å². The van der Waals surface area contributed by atoms with Gasteiger partial charge >= 0.3 is 12.1 Å². The van der Waals surface area contributed by atoms with Gasteiger partial charge in [-0.1, -0.05) is 25.8 Å². The summed E-state index contributed by atoms with van der Waals surface area (Å²) < 4.78 is 63.1. The van der Waals surface area contributed by atoms with Crippen molar-refractivity contribution in [3.8, 4) is 0 Å². The van der Waals surface area contributed by atoms with E-state index in [-0.39, 0.29) is 12.0 Å². The normalized spacial score (nSPS) is 13.2. The number of halogens is 3. The number of alkyl halides is 3. The first-order valence-electron chi connectivity index (χ1n) is 7.66. The fraction of sp³-hybridized carbons (Fsp3) is 0.467. The highest BCUT2D eigenvalue weighted by molar-refractivity contribution is 7.89. The van der Waals surface area contributed by atoms with Gasteiger partial charge in [-0.15, -0.1) is 0 Å². The summed E-state index contributed by atoms with van der Waals surface area (Å²) in [6, 6.07) is 2.98. The molecular formula is C15H19F3N2O5S. The van der Waals surface area contributed by atoms with Crippen LogP contribution in [0.3, 0.4) is 0 Å². The number of benzene rings is 1. The molecule has 7 nitrogen and oxygen atoms in total. The summed E-state index contributed by atoms with van der Waals surface area (Å²) in [5.74, 6) is -2.44. The van der Waals surface area contributed by atoms with Crippen LogP contribution in [-0.2, 0) is 14.8 Å². The lowest BCUT2D eigenvalue weighted by Gasteiger charge is -2.15. The summed E-state index contributed by atoms with van der Waals surface area (Å²) in [5.41, 5.74) is -0.294. The molecule has 0 bridgehead atoms. The third-order valence-electron chi connectivity index (χ3n) is 3.30. The van der Waals surface area contributed by atoms with E-state index >= 15 is 0 Å². The molecule has 1 aromatic carbocycles. The maximum absolute atomic E-state index is 12.3. The standard InChI is InChI=1S/C15H19F3N2O5S/c1-2-3-7-12(14(22)23)20-26(24,25)11-6-4-5-10(8-11)13(21)19-9-15(16,17)18/h4-6,8,12,20H,2-3,7,9H2,1H3,(H,19,21)(H,22,23). The van der Waals surface area contributed by atoms with Crippen molar-refractivity contribution in [1.82, 2.24) is 10.0 Å². The number of nitrogens with one attached hydrogen (secondary N) is 2. The Bertz CT molecular complexity index is 750. The molecule has 1 amide bonds. The van der Waals surface area contributed by atoms with Gasteiger partial charge in [-0.05, 0) is 24.6 Å². The van der Waals surface area contributed by atoms with Crippen LogP contribution in [0.15, 0.2) is 29.2 Å². The number of unbranched alkanes of at least 4 members (excludes halogenated alkanes) is 1. The number of sulfonamides is 1. The van der Waals surface area contributed by atoms with E-state index in [2.05, 4.69) is 0 Å². The summed E-state index contributed by atoms with van der Waals surface area (Å²) in [7, 11) is -4.27. The molecule has 0 aliphatic heterocycles. The van der Waals surface area contributed by atoms with Crippen LogP contribution in [-0.4, -0.2) is 44.2 Å². The third-order valence-corrected chi connectivity index (χ3v) is 4.77. The maximum Gasteiger partial charge on any atom is 0.405 e. The average molecular weight is 396 g/mol. The van der Waals surface area contributed by atoms with Crippen molar-refractivity contribution < 1.29 is 36.3 Å². The largest absolute Gasteiger partial charge is 0.480 e. The zero-order valence-electron chi connectivity index (χ0n) is 13.8. The molecule has 0 spiro atoms. The highest BCUT2D eigenvalue weighted by Gasteiger charge is 2.29. The smallest absolute Gasteiger partial charge is 0.405 e. The van der Waals surface area contributed by atoms with Crippen molar-refractivity contribution in [2.75, 3.05) is 6.54 Å². The second-order valence-corrected chi connectivity index (χ2v) is 7.19. The highest BCUT2D eigenvalue weighted by Crippen LogP contribution is 2.15. The molecule has 3 N–H and O–H groups in total. The second kappa shape index (κ2) is 8.99. The Balaban J connectivity index is 2.96. The van der Waals surface area contributed by atoms with E-state index in [0.29, 0.717) is 12.8 Å². The van der Waals surface area contributed by atoms with Crippen molar-refractivity contribution in [2.24, 2.45) is 0 Å². The number of carbonyl (C=O) groups excluding carboxylic acids is 1. The molecule has 1 atom stereocenters. The summed E-state index contributed by atoms with van der Waals surface area (Å²) in [6.07, 6.45) is -3.37. The molecule has 0 aromatic heterocycles. The number of carbonyl (C=O) groups is 2. The van der Waals surface area contributed by atoms with E-state index in [1.807, 2.05) is 11.6 Å². The van der Waals surface area contributed by atoms with Gasteiger partial charge in [0.05, 0.1) is 4.90 Å². The first kappa shape index (κ1) is 21.9. The van der Waals surface area contributed by atoms with Crippen LogP contribution in [0, 0.1) is 0 Å². The molecule has 0 fully saturated rings. The zero-order chi connectivity index (χ0) is 20.0. The maximum atomic E-state index is 12.3. The predicted molar refractivity (Wildman–Crippen MR) is 86.1 cm³/mol. The summed E-state index contributed by atoms with van der Waals surface area (Å²) in [5, 5.41) is 10.7. The molecule has 0 saturated heterocycles. The van der Waals surface area contributed by atoms with E-state index in [0.717, 1.165) is 18.2 Å². The number of hydrogen-bond donors (Lipinski definition) is 3. The number of carboxylic acids is 1. The highest BCUT2D eigenvalue weighted by atomic mass is 32.2. The molecule has 1 unspecified atom stereocenters. The number of carboxylic acid groups (broad SMARTS) is 1. The molecular weight excluding hydrogens is 377 g/mol. The first-order chi connectivity index (χ1) is 12.0. The summed E-state index contributed by atoms with van der Waals surface area (Å²) in [6.45, 7) is 0.260. The average Bonchev–Trinajstić information content (AvgIpc) is 2.55. The number of aliphatic carboxylic acids is 1. The van der Waals surface area contributed by atoms with Crippen LogP contribution >= 0.6 is 0 Å². The van der Waals surface area contributed by atoms with E-state index in [1.54, 1.807) is 5.32 Å². The van der Waals surface area contributed by atoms with Gasteiger partial charge in [0, 0.05) is 5.56 Å². The third kappa shape index (κ3) is 7.00. The van der Waals surface area contributed by atoms with Gasteiger partial charge in [-0.25, -0.2) is 8.42 Å². The Hall–Kier alpha value is -2.14. The molecule has 0 aliphatic carbocycles. The molecule has 0 aliphatic rings. The van der Waals surface area contributed by atoms with E-state index in [4.69, 9.17) is 5.11 Å². The zero-order valence-corrected chi connectivity index (χ0v) is 14.7. The molecule has 0 heterocycles. The molecule has 0 saturated carbocycles. The molecule has 0 radical (unpaired) electrons. The van der Waals surface area contributed by atoms with Gasteiger partial charge < -0.3 is 10.4 Å². The molecule has 26 heavy (non-hydrogen) atoms. The quantitative estimate of drug-likeness (QED) is 0.590. The second-order valence-electron chi connectivity index (χ2n) is 5.48. The van der Waals surface area contributed by atoms with Crippen LogP contribution in [0.4, 0.5) is 13.2 Å². The SMILES string of the molecule is CCCCC(NS(=O)(=O)c1cccc(C(=O)NCC(F)(F)F)c1)C(=O)O. The molecule has 1 aromatic rings. The lowest BCUT2D eigenvalue weighted by atomic mass is 10.1. The summed E-state index contributed by atoms with van der Waals surface area (Å²) in [4.78, 5) is 22.5. The fourth-order valence-electron chi connectivity index (χ4n) is 1.98. The topological polar surface area (TPSA) is 113 Å². The van der Waals surface area contributed by atoms with Crippen LogP contribution in [0.5, 0.6) is 0 Å². The minimum Gasteiger partial charge on any atom is -0.480 e. The van der Waals surface area contributed by atoms with Gasteiger partial charge in [0.1, 0.15) is 12.6 Å². The lowest BCUT2D eigenvalue weighted by Crippen LogP contribution is -2.40.